The molecule has 0 radical (unpaired) electrons. The molecule has 5 aliphatic rings. The maximum Gasteiger partial charge on any atom is 0.164 e. The van der Waals surface area contributed by atoms with Crippen LogP contribution in [-0.4, -0.2) is 15.0 Å². The maximum absolute atomic E-state index is 10.0. The van der Waals surface area contributed by atoms with Gasteiger partial charge in [0, 0.05) is 22.1 Å². The van der Waals surface area contributed by atoms with Gasteiger partial charge in [-0.2, -0.15) is 5.26 Å². The van der Waals surface area contributed by atoms with Crippen molar-refractivity contribution < 1.29 is 0 Å². The van der Waals surface area contributed by atoms with E-state index in [4.69, 9.17) is 15.0 Å². The van der Waals surface area contributed by atoms with E-state index < -0.39 is 0 Å². The van der Waals surface area contributed by atoms with E-state index in [9.17, 15) is 5.26 Å². The summed E-state index contributed by atoms with van der Waals surface area (Å²) in [5.74, 6) is 4.92. The first-order valence-corrected chi connectivity index (χ1v) is 19.4. The normalized spacial score (nSPS) is 22.9. The number of nitriles is 1. The monoisotopic (exact) mass is 694 g/mol. The van der Waals surface area contributed by atoms with Gasteiger partial charge in [0.2, 0.25) is 0 Å². The third-order valence-corrected chi connectivity index (χ3v) is 13.1. The summed E-state index contributed by atoms with van der Waals surface area (Å²) < 4.78 is 0. The van der Waals surface area contributed by atoms with Gasteiger partial charge in [0.15, 0.2) is 17.5 Å². The molecule has 0 aliphatic heterocycles. The molecule has 5 aliphatic carbocycles. The molecule has 4 nitrogen and oxygen atoms in total. The zero-order valence-electron chi connectivity index (χ0n) is 30.0. The zero-order valence-corrected chi connectivity index (χ0v) is 30.0. The SMILES string of the molecule is N#Cc1ccc2c(c1)-c1cccc(-c3ccccc3-c3cccc(-c4nc(-c5ccccc5)nc(-c5ccccc5)n4)c3)c1C21C2CC3CC(C2)CC1C3. The van der Waals surface area contributed by atoms with Gasteiger partial charge in [-0.05, 0) is 118 Å². The summed E-state index contributed by atoms with van der Waals surface area (Å²) in [5.41, 5.74) is 14.1. The highest BCUT2D eigenvalue weighted by Crippen LogP contribution is 2.70. The summed E-state index contributed by atoms with van der Waals surface area (Å²) in [6.45, 7) is 0. The van der Waals surface area contributed by atoms with E-state index in [1.807, 2.05) is 36.4 Å². The molecule has 1 heterocycles. The van der Waals surface area contributed by atoms with Crippen LogP contribution in [0.15, 0.2) is 146 Å². The van der Waals surface area contributed by atoms with Gasteiger partial charge in [0.1, 0.15) is 0 Å². The van der Waals surface area contributed by atoms with Crippen molar-refractivity contribution in [1.82, 2.24) is 15.0 Å². The van der Waals surface area contributed by atoms with Gasteiger partial charge in [-0.3, -0.25) is 0 Å². The van der Waals surface area contributed by atoms with Gasteiger partial charge in [0.25, 0.3) is 0 Å². The Balaban J connectivity index is 1.08. The zero-order chi connectivity index (χ0) is 35.8. The summed E-state index contributed by atoms with van der Waals surface area (Å²) >= 11 is 0. The summed E-state index contributed by atoms with van der Waals surface area (Å²) in [5, 5.41) is 10.0. The molecule has 4 saturated carbocycles. The lowest BCUT2D eigenvalue weighted by atomic mass is 9.42. The highest BCUT2D eigenvalue weighted by molar-refractivity contribution is 5.94. The van der Waals surface area contributed by atoms with Crippen LogP contribution in [0.4, 0.5) is 0 Å². The summed E-state index contributed by atoms with van der Waals surface area (Å²) in [4.78, 5) is 15.0. The average Bonchev–Trinajstić information content (AvgIpc) is 3.53. The lowest BCUT2D eigenvalue weighted by molar-refractivity contribution is -0.0397. The highest BCUT2D eigenvalue weighted by atomic mass is 15.0. The van der Waals surface area contributed by atoms with Crippen LogP contribution in [0.25, 0.3) is 67.5 Å². The van der Waals surface area contributed by atoms with E-state index in [2.05, 4.69) is 115 Å². The Bertz CT molecular complexity index is 2550. The fraction of sp³-hybridized carbons (Fsp3) is 0.200. The lowest BCUT2D eigenvalue weighted by Crippen LogP contribution is -2.55. The quantitative estimate of drug-likeness (QED) is 0.180. The van der Waals surface area contributed by atoms with Crippen LogP contribution in [0.5, 0.6) is 0 Å². The third-order valence-electron chi connectivity index (χ3n) is 13.1. The highest BCUT2D eigenvalue weighted by Gasteiger charge is 2.62. The standard InChI is InChI=1S/C50H38N4/c51-30-31-21-22-45-44(28-31)43-20-10-19-42(46(43)50(45)38-24-32-23-33(26-38)27-39(50)25-32)41-18-8-7-17-40(41)36-15-9-16-37(29-36)49-53-47(34-11-3-1-4-12-34)52-48(54-49)35-13-5-2-6-14-35/h1-22,28-29,32-33,38-39H,23-27H2. The second-order valence-electron chi connectivity index (χ2n) is 15.9. The molecular formula is C50H38N4. The van der Waals surface area contributed by atoms with E-state index in [-0.39, 0.29) is 5.41 Å². The second-order valence-corrected chi connectivity index (χ2v) is 15.9. The van der Waals surface area contributed by atoms with Crippen LogP contribution in [0.3, 0.4) is 0 Å². The molecule has 6 aromatic carbocycles. The Labute approximate surface area is 316 Å². The van der Waals surface area contributed by atoms with Crippen molar-refractivity contribution in [2.75, 3.05) is 0 Å². The second kappa shape index (κ2) is 12.2. The van der Waals surface area contributed by atoms with E-state index in [1.165, 1.54) is 71.0 Å². The molecule has 0 atom stereocenters. The molecule has 54 heavy (non-hydrogen) atoms. The topological polar surface area (TPSA) is 62.5 Å². The van der Waals surface area contributed by atoms with Crippen LogP contribution in [0, 0.1) is 35.0 Å². The summed E-state index contributed by atoms with van der Waals surface area (Å²) in [6.07, 6.45) is 6.66. The van der Waals surface area contributed by atoms with Crippen molar-refractivity contribution in [2.24, 2.45) is 23.7 Å². The predicted octanol–water partition coefficient (Wildman–Crippen LogP) is 11.8. The smallest absolute Gasteiger partial charge is 0.164 e. The molecular weight excluding hydrogens is 657 g/mol. The number of fused-ring (bicyclic) bond motifs is 3. The number of hydrogen-bond acceptors (Lipinski definition) is 4. The van der Waals surface area contributed by atoms with Crippen molar-refractivity contribution in [2.45, 2.75) is 37.5 Å². The first-order chi connectivity index (χ1) is 26.7. The average molecular weight is 695 g/mol. The van der Waals surface area contributed by atoms with Gasteiger partial charge in [-0.25, -0.2) is 15.0 Å². The Hall–Kier alpha value is -6.18. The minimum atomic E-state index is -0.0236. The molecule has 7 aromatic rings. The lowest BCUT2D eigenvalue weighted by Gasteiger charge is -2.61. The molecule has 258 valence electrons. The molecule has 4 fully saturated rings. The summed E-state index contributed by atoms with van der Waals surface area (Å²) in [6, 6.07) is 53.9. The van der Waals surface area contributed by atoms with Crippen LogP contribution >= 0.6 is 0 Å². The molecule has 12 rings (SSSR count). The van der Waals surface area contributed by atoms with E-state index in [0.29, 0.717) is 29.3 Å². The van der Waals surface area contributed by atoms with E-state index in [0.717, 1.165) is 39.7 Å². The number of aromatic nitrogens is 3. The van der Waals surface area contributed by atoms with E-state index in [1.54, 1.807) is 0 Å². The first-order valence-electron chi connectivity index (χ1n) is 19.4. The van der Waals surface area contributed by atoms with Crippen LogP contribution in [-0.2, 0) is 5.41 Å². The van der Waals surface area contributed by atoms with Gasteiger partial charge in [-0.15, -0.1) is 0 Å². The van der Waals surface area contributed by atoms with Gasteiger partial charge in [-0.1, -0.05) is 127 Å². The number of hydrogen-bond donors (Lipinski definition) is 0. The molecule has 1 spiro atoms. The van der Waals surface area contributed by atoms with Gasteiger partial charge in [0.05, 0.1) is 11.6 Å². The molecule has 0 saturated heterocycles. The van der Waals surface area contributed by atoms with Crippen molar-refractivity contribution >= 4 is 0 Å². The van der Waals surface area contributed by atoms with Gasteiger partial charge < -0.3 is 0 Å². The molecule has 0 amide bonds. The fourth-order valence-electron chi connectivity index (χ4n) is 11.3. The number of rotatable bonds is 5. The maximum atomic E-state index is 10.0. The number of benzene rings is 6. The fourth-order valence-corrected chi connectivity index (χ4v) is 11.3. The molecule has 0 N–H and O–H groups in total. The van der Waals surface area contributed by atoms with Crippen LogP contribution < -0.4 is 0 Å². The predicted molar refractivity (Wildman–Crippen MR) is 215 cm³/mol. The van der Waals surface area contributed by atoms with E-state index >= 15 is 0 Å². The van der Waals surface area contributed by atoms with Crippen molar-refractivity contribution in [3.63, 3.8) is 0 Å². The molecule has 0 unspecified atom stereocenters. The van der Waals surface area contributed by atoms with Gasteiger partial charge >= 0.3 is 0 Å². The molecule has 1 aromatic heterocycles. The van der Waals surface area contributed by atoms with Crippen molar-refractivity contribution in [3.05, 3.63) is 162 Å². The van der Waals surface area contributed by atoms with Crippen molar-refractivity contribution in [3.8, 4) is 73.6 Å². The minimum absolute atomic E-state index is 0.0236. The van der Waals surface area contributed by atoms with Crippen LogP contribution in [0.1, 0.15) is 48.8 Å². The Morgan fingerprint density at radius 3 is 1.57 bits per heavy atom. The Morgan fingerprint density at radius 2 is 0.944 bits per heavy atom. The number of nitrogens with zero attached hydrogens (tertiary/aromatic N) is 4. The Morgan fingerprint density at radius 1 is 0.444 bits per heavy atom. The third kappa shape index (κ3) is 4.71. The summed E-state index contributed by atoms with van der Waals surface area (Å²) in [7, 11) is 0. The van der Waals surface area contributed by atoms with Crippen molar-refractivity contribution in [1.29, 1.82) is 5.26 Å². The molecule has 4 bridgehead atoms. The largest absolute Gasteiger partial charge is 0.208 e. The first kappa shape index (κ1) is 31.4. The van der Waals surface area contributed by atoms with Crippen LogP contribution in [0.2, 0.25) is 0 Å². The minimum Gasteiger partial charge on any atom is -0.208 e. The molecule has 4 heteroatoms. The Kier molecular flexibility index (Phi) is 7.07.